The number of nitrogens with zero attached hydrogens (tertiary/aromatic N) is 3. The molecule has 27 heavy (non-hydrogen) atoms. The van der Waals surface area contributed by atoms with Crippen molar-refractivity contribution in [3.8, 4) is 0 Å². The largest absolute Gasteiger partial charge is 0.465 e. The molecule has 1 N–H and O–H groups in total. The maximum absolute atomic E-state index is 12.4. The van der Waals surface area contributed by atoms with E-state index in [4.69, 9.17) is 4.74 Å². The highest BCUT2D eigenvalue weighted by Crippen LogP contribution is 2.24. The number of piperidine rings is 1. The maximum Gasteiger partial charge on any atom is 0.337 e. The fourth-order valence-electron chi connectivity index (χ4n) is 3.36. The Balaban J connectivity index is 1.70. The Morgan fingerprint density at radius 3 is 2.78 bits per heavy atom. The molecule has 7 heteroatoms. The lowest BCUT2D eigenvalue weighted by atomic mass is 10.0. The fraction of sp³-hybridized carbons (Fsp3) is 0.400. The first-order valence-electron chi connectivity index (χ1n) is 9.22. The lowest BCUT2D eigenvalue weighted by Gasteiger charge is -2.35. The average molecular weight is 368 g/mol. The summed E-state index contributed by atoms with van der Waals surface area (Å²) >= 11 is 0. The van der Waals surface area contributed by atoms with Gasteiger partial charge in [0.05, 0.1) is 12.7 Å². The van der Waals surface area contributed by atoms with E-state index >= 15 is 0 Å². The number of nitrogens with one attached hydrogen (secondary N) is 1. The predicted octanol–water partition coefficient (Wildman–Crippen LogP) is 3.28. The zero-order valence-corrected chi connectivity index (χ0v) is 15.6. The van der Waals surface area contributed by atoms with Crippen LogP contribution in [0.15, 0.2) is 36.4 Å². The van der Waals surface area contributed by atoms with Gasteiger partial charge in [0, 0.05) is 18.3 Å². The van der Waals surface area contributed by atoms with E-state index in [0.717, 1.165) is 31.6 Å². The van der Waals surface area contributed by atoms with E-state index in [1.807, 2.05) is 6.07 Å². The zero-order valence-electron chi connectivity index (χ0n) is 15.6. The third-order valence-corrected chi connectivity index (χ3v) is 4.82. The van der Waals surface area contributed by atoms with Crippen LogP contribution in [0.5, 0.6) is 0 Å². The molecule has 1 unspecified atom stereocenters. The van der Waals surface area contributed by atoms with Crippen LogP contribution in [0.3, 0.4) is 0 Å². The van der Waals surface area contributed by atoms with E-state index in [9.17, 15) is 9.59 Å². The van der Waals surface area contributed by atoms with Crippen molar-refractivity contribution >= 4 is 23.4 Å². The summed E-state index contributed by atoms with van der Waals surface area (Å²) in [6, 6.07) is 10.6. The molecular formula is C20H24N4O3. The van der Waals surface area contributed by atoms with Crippen molar-refractivity contribution in [2.75, 3.05) is 23.9 Å². The maximum atomic E-state index is 12.4. The van der Waals surface area contributed by atoms with Crippen molar-refractivity contribution in [1.82, 2.24) is 10.2 Å². The van der Waals surface area contributed by atoms with Gasteiger partial charge in [0.2, 0.25) is 0 Å². The van der Waals surface area contributed by atoms with Gasteiger partial charge in [-0.05, 0) is 56.0 Å². The third-order valence-electron chi connectivity index (χ3n) is 4.82. The number of anilines is 2. The van der Waals surface area contributed by atoms with Gasteiger partial charge < -0.3 is 15.0 Å². The molecule has 0 saturated carbocycles. The normalized spacial score (nSPS) is 16.7. The molecule has 1 aliphatic rings. The highest BCUT2D eigenvalue weighted by atomic mass is 16.5. The van der Waals surface area contributed by atoms with E-state index in [2.05, 4.69) is 27.3 Å². The van der Waals surface area contributed by atoms with Gasteiger partial charge >= 0.3 is 5.97 Å². The summed E-state index contributed by atoms with van der Waals surface area (Å²) in [5, 5.41) is 11.1. The number of rotatable bonds is 5. The monoisotopic (exact) mass is 368 g/mol. The fourth-order valence-corrected chi connectivity index (χ4v) is 3.36. The van der Waals surface area contributed by atoms with Crippen molar-refractivity contribution in [1.29, 1.82) is 0 Å². The first-order chi connectivity index (χ1) is 13.1. The van der Waals surface area contributed by atoms with Crippen molar-refractivity contribution in [3.05, 3.63) is 47.7 Å². The van der Waals surface area contributed by atoms with Gasteiger partial charge in [-0.1, -0.05) is 13.0 Å². The molecule has 142 valence electrons. The Morgan fingerprint density at radius 1 is 1.22 bits per heavy atom. The summed E-state index contributed by atoms with van der Waals surface area (Å²) in [6.45, 7) is 3.15. The third kappa shape index (κ3) is 4.42. The molecule has 0 bridgehead atoms. The molecule has 2 aromatic rings. The number of amides is 1. The molecule has 1 fully saturated rings. The number of hydrogen-bond donors (Lipinski definition) is 1. The molecule has 1 atom stereocenters. The minimum atomic E-state index is -0.456. The number of methoxy groups -OCH3 is 1. The SMILES string of the molecule is CCC1CCCCN1c1ccc(C(=O)Nc2cccc(C(=O)OC)c2)nn1. The van der Waals surface area contributed by atoms with E-state index in [-0.39, 0.29) is 11.6 Å². The number of carbonyl (C=O) groups excluding carboxylic acids is 2. The lowest BCUT2D eigenvalue weighted by molar-refractivity contribution is 0.0600. The summed E-state index contributed by atoms with van der Waals surface area (Å²) in [7, 11) is 1.32. The molecular weight excluding hydrogens is 344 g/mol. The molecule has 2 heterocycles. The van der Waals surface area contributed by atoms with E-state index in [1.165, 1.54) is 13.5 Å². The Labute approximate surface area is 158 Å². The zero-order chi connectivity index (χ0) is 19.2. The summed E-state index contributed by atoms with van der Waals surface area (Å²) in [5.74, 6) is -0.0187. The number of carbonyl (C=O) groups is 2. The van der Waals surface area contributed by atoms with Gasteiger partial charge in [-0.15, -0.1) is 10.2 Å². The Hall–Kier alpha value is -2.96. The van der Waals surface area contributed by atoms with Crippen LogP contribution in [0.4, 0.5) is 11.5 Å². The Kier molecular flexibility index (Phi) is 6.01. The number of ether oxygens (including phenoxy) is 1. The van der Waals surface area contributed by atoms with Crippen molar-refractivity contribution in [2.45, 2.75) is 38.6 Å². The molecule has 1 amide bonds. The molecule has 0 spiro atoms. The number of benzene rings is 1. The minimum Gasteiger partial charge on any atom is -0.465 e. The summed E-state index contributed by atoms with van der Waals surface area (Å²) < 4.78 is 4.69. The smallest absolute Gasteiger partial charge is 0.337 e. The van der Waals surface area contributed by atoms with Crippen LogP contribution in [0, 0.1) is 0 Å². The second-order valence-corrected chi connectivity index (χ2v) is 6.55. The second kappa shape index (κ2) is 8.62. The van der Waals surface area contributed by atoms with E-state index in [0.29, 0.717) is 17.3 Å². The molecule has 0 radical (unpaired) electrons. The van der Waals surface area contributed by atoms with Gasteiger partial charge in [0.1, 0.15) is 0 Å². The molecule has 1 aromatic carbocycles. The standard InChI is InChI=1S/C20H24N4O3/c1-3-16-9-4-5-12-24(16)18-11-10-17(22-23-18)19(25)21-15-8-6-7-14(13-15)20(26)27-2/h6-8,10-11,13,16H,3-5,9,12H2,1-2H3,(H,21,25). The highest BCUT2D eigenvalue weighted by Gasteiger charge is 2.22. The van der Waals surface area contributed by atoms with Crippen molar-refractivity contribution in [3.63, 3.8) is 0 Å². The van der Waals surface area contributed by atoms with Crippen LogP contribution in [-0.4, -0.2) is 41.8 Å². The minimum absolute atomic E-state index is 0.229. The quantitative estimate of drug-likeness (QED) is 0.815. The van der Waals surface area contributed by atoms with Crippen LogP contribution >= 0.6 is 0 Å². The van der Waals surface area contributed by atoms with E-state index in [1.54, 1.807) is 30.3 Å². The summed E-state index contributed by atoms with van der Waals surface area (Å²) in [5.41, 5.74) is 1.09. The molecule has 1 saturated heterocycles. The van der Waals surface area contributed by atoms with Gasteiger partial charge in [-0.2, -0.15) is 0 Å². The van der Waals surface area contributed by atoms with Gasteiger partial charge in [0.25, 0.3) is 5.91 Å². The molecule has 3 rings (SSSR count). The average Bonchev–Trinajstić information content (AvgIpc) is 2.73. The lowest BCUT2D eigenvalue weighted by Crippen LogP contribution is -2.39. The van der Waals surface area contributed by atoms with Gasteiger partial charge in [-0.3, -0.25) is 4.79 Å². The van der Waals surface area contributed by atoms with Crippen molar-refractivity contribution < 1.29 is 14.3 Å². The molecule has 1 aliphatic heterocycles. The second-order valence-electron chi connectivity index (χ2n) is 6.55. The van der Waals surface area contributed by atoms with Crippen LogP contribution in [0.25, 0.3) is 0 Å². The van der Waals surface area contributed by atoms with Crippen LogP contribution in [0.1, 0.15) is 53.5 Å². The summed E-state index contributed by atoms with van der Waals surface area (Å²) in [6.07, 6.45) is 4.63. The van der Waals surface area contributed by atoms with Crippen LogP contribution in [-0.2, 0) is 4.74 Å². The summed E-state index contributed by atoms with van der Waals surface area (Å²) in [4.78, 5) is 26.3. The van der Waals surface area contributed by atoms with Crippen LogP contribution in [0.2, 0.25) is 0 Å². The number of hydrogen-bond acceptors (Lipinski definition) is 6. The Morgan fingerprint density at radius 2 is 2.07 bits per heavy atom. The van der Waals surface area contributed by atoms with E-state index < -0.39 is 5.97 Å². The topological polar surface area (TPSA) is 84.4 Å². The first-order valence-corrected chi connectivity index (χ1v) is 9.22. The van der Waals surface area contributed by atoms with Crippen LogP contribution < -0.4 is 10.2 Å². The Bertz CT molecular complexity index is 807. The van der Waals surface area contributed by atoms with Gasteiger partial charge in [-0.25, -0.2) is 4.79 Å². The van der Waals surface area contributed by atoms with Crippen molar-refractivity contribution in [2.24, 2.45) is 0 Å². The molecule has 1 aromatic heterocycles. The first kappa shape index (κ1) is 18.8. The highest BCUT2D eigenvalue weighted by molar-refractivity contribution is 6.03. The predicted molar refractivity (Wildman–Crippen MR) is 103 cm³/mol. The molecule has 0 aliphatic carbocycles. The number of aromatic nitrogens is 2. The molecule has 7 nitrogen and oxygen atoms in total. The van der Waals surface area contributed by atoms with Gasteiger partial charge in [0.15, 0.2) is 11.5 Å². The number of esters is 1.